The first-order valence-electron chi connectivity index (χ1n) is 15.6. The summed E-state index contributed by atoms with van der Waals surface area (Å²) in [6.07, 6.45) is 18.5. The molecule has 1 heteroatoms. The van der Waals surface area contributed by atoms with Crippen molar-refractivity contribution >= 4 is 0 Å². The molecule has 2 aromatic carbocycles. The Morgan fingerprint density at radius 3 is 1.25 bits per heavy atom. The summed E-state index contributed by atoms with van der Waals surface area (Å²) in [4.78, 5) is 0. The number of nitrogens with one attached hydrogen (secondary N) is 1. The van der Waals surface area contributed by atoms with Gasteiger partial charge in [0.1, 0.15) is 0 Å². The van der Waals surface area contributed by atoms with Crippen LogP contribution >= 0.6 is 0 Å². The molecule has 0 amide bonds. The third-order valence-corrected chi connectivity index (χ3v) is 8.66. The minimum Gasteiger partial charge on any atom is -0.313 e. The molecule has 0 aliphatic carbocycles. The van der Waals surface area contributed by atoms with E-state index < -0.39 is 0 Å². The molecule has 0 saturated carbocycles. The third-order valence-electron chi connectivity index (χ3n) is 8.66. The molecule has 1 heterocycles. The lowest BCUT2D eigenvalue weighted by Gasteiger charge is -2.27. The highest BCUT2D eigenvalue weighted by Crippen LogP contribution is 2.36. The van der Waals surface area contributed by atoms with Gasteiger partial charge in [-0.25, -0.2) is 0 Å². The standard InChI is InChI=1S/C35H55N/c1-5-9-14-28(15-10-6-2)30-19-23-32(24-20-30)35(34-18-13-27-36-34)33-25-21-31(22-26-33)29(16-11-7-3)17-12-8-4/h19-26,28-29,34-36H,5-18,27H2,1-4H3. The van der Waals surface area contributed by atoms with E-state index in [4.69, 9.17) is 0 Å². The first kappa shape index (κ1) is 29.0. The van der Waals surface area contributed by atoms with Gasteiger partial charge < -0.3 is 5.32 Å². The summed E-state index contributed by atoms with van der Waals surface area (Å²) < 4.78 is 0. The maximum Gasteiger partial charge on any atom is 0.0243 e. The Kier molecular flexibility index (Phi) is 13.1. The normalized spacial score (nSPS) is 16.0. The van der Waals surface area contributed by atoms with Gasteiger partial charge in [-0.1, -0.05) is 128 Å². The SMILES string of the molecule is CCCCC(CCCC)c1ccc(C(c2ccc(C(CCCC)CCCC)cc2)C2CCCN2)cc1. The molecule has 3 rings (SSSR count). The summed E-state index contributed by atoms with van der Waals surface area (Å²) in [7, 11) is 0. The zero-order valence-corrected chi connectivity index (χ0v) is 24.0. The van der Waals surface area contributed by atoms with E-state index in [2.05, 4.69) is 81.5 Å². The summed E-state index contributed by atoms with van der Waals surface area (Å²) in [6.45, 7) is 10.4. The molecule has 1 unspecified atom stereocenters. The van der Waals surface area contributed by atoms with Crippen LogP contribution in [0.1, 0.15) is 158 Å². The molecule has 0 bridgehead atoms. The van der Waals surface area contributed by atoms with E-state index in [1.54, 1.807) is 11.1 Å². The van der Waals surface area contributed by atoms with Crippen molar-refractivity contribution < 1.29 is 0 Å². The zero-order valence-electron chi connectivity index (χ0n) is 24.0. The maximum atomic E-state index is 3.84. The van der Waals surface area contributed by atoms with E-state index in [0.717, 1.165) is 18.4 Å². The average molecular weight is 490 g/mol. The van der Waals surface area contributed by atoms with Crippen molar-refractivity contribution in [1.29, 1.82) is 0 Å². The highest BCUT2D eigenvalue weighted by atomic mass is 14.9. The zero-order chi connectivity index (χ0) is 25.6. The predicted octanol–water partition coefficient (Wildman–Crippen LogP) is 10.5. The topological polar surface area (TPSA) is 12.0 Å². The molecule has 1 N–H and O–H groups in total. The first-order chi connectivity index (χ1) is 17.7. The highest BCUT2D eigenvalue weighted by Gasteiger charge is 2.28. The number of hydrogen-bond donors (Lipinski definition) is 1. The lowest BCUT2D eigenvalue weighted by molar-refractivity contribution is 0.521. The van der Waals surface area contributed by atoms with Crippen molar-refractivity contribution in [1.82, 2.24) is 5.32 Å². The van der Waals surface area contributed by atoms with Gasteiger partial charge in [0.15, 0.2) is 0 Å². The smallest absolute Gasteiger partial charge is 0.0243 e. The molecule has 200 valence electrons. The molecule has 1 aliphatic heterocycles. The van der Waals surface area contributed by atoms with Crippen LogP contribution in [0.5, 0.6) is 0 Å². The Balaban J connectivity index is 1.82. The van der Waals surface area contributed by atoms with Crippen molar-refractivity contribution in [3.63, 3.8) is 0 Å². The fourth-order valence-corrected chi connectivity index (χ4v) is 6.36. The second kappa shape index (κ2) is 16.3. The summed E-state index contributed by atoms with van der Waals surface area (Å²) in [5.41, 5.74) is 6.10. The molecule has 1 saturated heterocycles. The Hall–Kier alpha value is -1.60. The van der Waals surface area contributed by atoms with Crippen LogP contribution in [0.3, 0.4) is 0 Å². The third kappa shape index (κ3) is 8.47. The lowest BCUT2D eigenvalue weighted by Crippen LogP contribution is -2.29. The van der Waals surface area contributed by atoms with Gasteiger partial charge in [0.25, 0.3) is 0 Å². The number of benzene rings is 2. The predicted molar refractivity (Wildman–Crippen MR) is 159 cm³/mol. The van der Waals surface area contributed by atoms with E-state index in [1.165, 1.54) is 101 Å². The van der Waals surface area contributed by atoms with Crippen molar-refractivity contribution in [2.24, 2.45) is 0 Å². The van der Waals surface area contributed by atoms with Crippen LogP contribution in [0, 0.1) is 0 Å². The minimum atomic E-state index is 0.449. The lowest BCUT2D eigenvalue weighted by atomic mass is 9.81. The quantitative estimate of drug-likeness (QED) is 0.233. The van der Waals surface area contributed by atoms with Crippen LogP contribution in [0.4, 0.5) is 0 Å². The summed E-state index contributed by atoms with van der Waals surface area (Å²) in [5, 5.41) is 3.84. The van der Waals surface area contributed by atoms with Gasteiger partial charge in [-0.15, -0.1) is 0 Å². The van der Waals surface area contributed by atoms with Crippen LogP contribution < -0.4 is 5.32 Å². The minimum absolute atomic E-state index is 0.449. The van der Waals surface area contributed by atoms with E-state index in [0.29, 0.717) is 12.0 Å². The molecular formula is C35H55N. The average Bonchev–Trinajstić information content (AvgIpc) is 3.45. The Bertz CT molecular complexity index is 735. The molecule has 1 nitrogen and oxygen atoms in total. The summed E-state index contributed by atoms with van der Waals surface area (Å²) in [5.74, 6) is 1.90. The summed E-state index contributed by atoms with van der Waals surface area (Å²) in [6, 6.07) is 20.3. The van der Waals surface area contributed by atoms with E-state index in [9.17, 15) is 0 Å². The van der Waals surface area contributed by atoms with Gasteiger partial charge in [-0.2, -0.15) is 0 Å². The molecule has 1 fully saturated rings. The van der Waals surface area contributed by atoms with Gasteiger partial charge in [0.05, 0.1) is 0 Å². The van der Waals surface area contributed by atoms with Gasteiger partial charge in [0, 0.05) is 12.0 Å². The Morgan fingerprint density at radius 1 is 0.583 bits per heavy atom. The molecule has 36 heavy (non-hydrogen) atoms. The fraction of sp³-hybridized carbons (Fsp3) is 0.657. The van der Waals surface area contributed by atoms with Gasteiger partial charge in [-0.3, -0.25) is 0 Å². The van der Waals surface area contributed by atoms with E-state index in [-0.39, 0.29) is 0 Å². The van der Waals surface area contributed by atoms with Crippen LogP contribution in [0.2, 0.25) is 0 Å². The molecule has 0 aromatic heterocycles. The van der Waals surface area contributed by atoms with E-state index >= 15 is 0 Å². The molecule has 1 aliphatic rings. The van der Waals surface area contributed by atoms with Gasteiger partial charge in [0.2, 0.25) is 0 Å². The molecule has 1 atom stereocenters. The maximum absolute atomic E-state index is 3.84. The molecule has 0 radical (unpaired) electrons. The van der Waals surface area contributed by atoms with Crippen molar-refractivity contribution in [3.8, 4) is 0 Å². The first-order valence-corrected chi connectivity index (χ1v) is 15.6. The Labute approximate surface area is 223 Å². The number of rotatable bonds is 17. The number of unbranched alkanes of at least 4 members (excludes halogenated alkanes) is 4. The van der Waals surface area contributed by atoms with Crippen LogP contribution in [0.25, 0.3) is 0 Å². The van der Waals surface area contributed by atoms with Gasteiger partial charge in [-0.05, 0) is 79.2 Å². The summed E-state index contributed by atoms with van der Waals surface area (Å²) >= 11 is 0. The van der Waals surface area contributed by atoms with Crippen LogP contribution in [0.15, 0.2) is 48.5 Å². The molecule has 0 spiro atoms. The van der Waals surface area contributed by atoms with E-state index in [1.807, 2.05) is 0 Å². The Morgan fingerprint density at radius 2 is 0.944 bits per heavy atom. The van der Waals surface area contributed by atoms with Crippen molar-refractivity contribution in [3.05, 3.63) is 70.8 Å². The van der Waals surface area contributed by atoms with Crippen LogP contribution in [-0.2, 0) is 0 Å². The van der Waals surface area contributed by atoms with Gasteiger partial charge >= 0.3 is 0 Å². The molecular weight excluding hydrogens is 434 g/mol. The van der Waals surface area contributed by atoms with Crippen molar-refractivity contribution in [2.45, 2.75) is 141 Å². The van der Waals surface area contributed by atoms with Crippen LogP contribution in [-0.4, -0.2) is 12.6 Å². The number of hydrogen-bond acceptors (Lipinski definition) is 1. The second-order valence-electron chi connectivity index (χ2n) is 11.5. The second-order valence-corrected chi connectivity index (χ2v) is 11.5. The largest absolute Gasteiger partial charge is 0.313 e. The highest BCUT2D eigenvalue weighted by molar-refractivity contribution is 5.39. The fourth-order valence-electron chi connectivity index (χ4n) is 6.36. The molecule has 2 aromatic rings. The van der Waals surface area contributed by atoms with Crippen molar-refractivity contribution in [2.75, 3.05) is 6.54 Å². The monoisotopic (exact) mass is 489 g/mol.